The third-order valence-corrected chi connectivity index (χ3v) is 3.41. The minimum atomic E-state index is 0.464. The van der Waals surface area contributed by atoms with Crippen LogP contribution in [0.1, 0.15) is 5.56 Å². The number of nitrogens with two attached hydrogens (primary N) is 1. The average molecular weight is 276 g/mol. The molecule has 0 spiro atoms. The van der Waals surface area contributed by atoms with E-state index < -0.39 is 0 Å². The number of anilines is 1. The molecule has 0 saturated carbocycles. The first-order valence-electron chi connectivity index (χ1n) is 6.57. The minimum absolute atomic E-state index is 0.464. The van der Waals surface area contributed by atoms with Crippen LogP contribution in [0.3, 0.4) is 0 Å². The Bertz CT molecular complexity index is 892. The highest BCUT2D eigenvalue weighted by Crippen LogP contribution is 2.28. The number of hydrogen-bond acceptors (Lipinski definition) is 4. The first-order chi connectivity index (χ1) is 10.3. The van der Waals surface area contributed by atoms with Gasteiger partial charge in [-0.2, -0.15) is 0 Å². The number of para-hydroxylation sites is 2. The summed E-state index contributed by atoms with van der Waals surface area (Å²) in [6.07, 6.45) is 5.40. The summed E-state index contributed by atoms with van der Waals surface area (Å²) in [5.41, 5.74) is 9.81. The summed E-state index contributed by atoms with van der Waals surface area (Å²) in [4.78, 5) is 9.68. The van der Waals surface area contributed by atoms with E-state index in [1.807, 2.05) is 59.2 Å². The van der Waals surface area contributed by atoms with E-state index >= 15 is 0 Å². The Hall–Kier alpha value is -3.08. The fourth-order valence-electron chi connectivity index (χ4n) is 2.47. The lowest BCUT2D eigenvalue weighted by Crippen LogP contribution is -2.01. The number of rotatable bonds is 1. The van der Waals surface area contributed by atoms with Crippen molar-refractivity contribution in [1.29, 1.82) is 0 Å². The van der Waals surface area contributed by atoms with Crippen LogP contribution in [0.5, 0.6) is 5.75 Å². The van der Waals surface area contributed by atoms with Gasteiger partial charge >= 0.3 is 0 Å². The predicted octanol–water partition coefficient (Wildman–Crippen LogP) is 3.00. The molecule has 5 nitrogen and oxygen atoms in total. The SMILES string of the molecule is Nc1nc2ccccc2n1-c1ccc2c(c1)C=CC=NO2. The maximum absolute atomic E-state index is 6.07. The highest BCUT2D eigenvalue weighted by Gasteiger charge is 2.12. The van der Waals surface area contributed by atoms with E-state index in [0.29, 0.717) is 11.7 Å². The Morgan fingerprint density at radius 3 is 2.95 bits per heavy atom. The van der Waals surface area contributed by atoms with Crippen molar-refractivity contribution in [2.45, 2.75) is 0 Å². The summed E-state index contributed by atoms with van der Waals surface area (Å²) in [5, 5.41) is 3.82. The summed E-state index contributed by atoms with van der Waals surface area (Å²) in [6, 6.07) is 13.7. The maximum atomic E-state index is 6.07. The zero-order valence-corrected chi connectivity index (χ0v) is 11.1. The Morgan fingerprint density at radius 2 is 2.00 bits per heavy atom. The molecule has 1 aromatic heterocycles. The minimum Gasteiger partial charge on any atom is -0.369 e. The van der Waals surface area contributed by atoms with E-state index in [4.69, 9.17) is 10.6 Å². The standard InChI is InChI=1S/C16H12N4O/c17-16-19-13-5-1-2-6-14(13)20(16)12-7-8-15-11(10-12)4-3-9-18-21-15/h1-10H,(H2,17,19). The van der Waals surface area contributed by atoms with Gasteiger partial charge in [-0.1, -0.05) is 17.3 Å². The second-order valence-electron chi connectivity index (χ2n) is 4.72. The van der Waals surface area contributed by atoms with Gasteiger partial charge in [0.15, 0.2) is 5.75 Å². The van der Waals surface area contributed by atoms with E-state index in [-0.39, 0.29) is 0 Å². The van der Waals surface area contributed by atoms with Crippen molar-refractivity contribution >= 4 is 29.3 Å². The quantitative estimate of drug-likeness (QED) is 0.743. The van der Waals surface area contributed by atoms with Crippen LogP contribution < -0.4 is 10.6 Å². The number of allylic oxidation sites excluding steroid dienone is 1. The molecule has 5 heteroatoms. The van der Waals surface area contributed by atoms with Crippen LogP contribution in [0.4, 0.5) is 5.95 Å². The first-order valence-corrected chi connectivity index (χ1v) is 6.57. The molecular weight excluding hydrogens is 264 g/mol. The van der Waals surface area contributed by atoms with E-state index in [1.54, 1.807) is 6.21 Å². The number of aromatic nitrogens is 2. The average Bonchev–Trinajstić information content (AvgIpc) is 2.68. The van der Waals surface area contributed by atoms with Gasteiger partial charge in [0.1, 0.15) is 0 Å². The molecule has 4 rings (SSSR count). The summed E-state index contributed by atoms with van der Waals surface area (Å²) < 4.78 is 1.93. The third-order valence-electron chi connectivity index (χ3n) is 3.41. The molecule has 2 heterocycles. The Morgan fingerprint density at radius 1 is 1.10 bits per heavy atom. The topological polar surface area (TPSA) is 65.4 Å². The largest absolute Gasteiger partial charge is 0.369 e. The molecule has 21 heavy (non-hydrogen) atoms. The van der Waals surface area contributed by atoms with Crippen molar-refractivity contribution in [2.24, 2.45) is 5.16 Å². The zero-order chi connectivity index (χ0) is 14.2. The first kappa shape index (κ1) is 11.7. The number of nitrogen functional groups attached to an aromatic ring is 1. The van der Waals surface area contributed by atoms with E-state index in [0.717, 1.165) is 22.3 Å². The van der Waals surface area contributed by atoms with Crippen molar-refractivity contribution < 1.29 is 4.84 Å². The number of benzene rings is 2. The van der Waals surface area contributed by atoms with Gasteiger partial charge in [0, 0.05) is 11.3 Å². The van der Waals surface area contributed by atoms with E-state index in [1.165, 1.54) is 0 Å². The van der Waals surface area contributed by atoms with Gasteiger partial charge < -0.3 is 10.6 Å². The van der Waals surface area contributed by atoms with Crippen LogP contribution >= 0.6 is 0 Å². The summed E-state index contributed by atoms with van der Waals surface area (Å²) in [7, 11) is 0. The molecule has 102 valence electrons. The Kier molecular flexibility index (Phi) is 2.50. The monoisotopic (exact) mass is 276 g/mol. The Balaban J connectivity index is 1.94. The molecule has 0 bridgehead atoms. The summed E-state index contributed by atoms with van der Waals surface area (Å²) in [5.74, 6) is 1.18. The summed E-state index contributed by atoms with van der Waals surface area (Å²) in [6.45, 7) is 0. The van der Waals surface area contributed by atoms with Gasteiger partial charge in [-0.3, -0.25) is 4.57 Å². The fourth-order valence-corrected chi connectivity index (χ4v) is 2.47. The lowest BCUT2D eigenvalue weighted by atomic mass is 10.1. The molecule has 0 unspecified atom stereocenters. The van der Waals surface area contributed by atoms with Crippen LogP contribution in [0, 0.1) is 0 Å². The summed E-state index contributed by atoms with van der Waals surface area (Å²) >= 11 is 0. The normalized spacial score (nSPS) is 13.0. The number of imidazole rings is 1. The van der Waals surface area contributed by atoms with E-state index in [2.05, 4.69) is 10.1 Å². The van der Waals surface area contributed by atoms with Gasteiger partial charge in [-0.15, -0.1) is 0 Å². The maximum Gasteiger partial charge on any atom is 0.205 e. The van der Waals surface area contributed by atoms with Gasteiger partial charge in [-0.05, 0) is 42.5 Å². The van der Waals surface area contributed by atoms with Crippen LogP contribution in [-0.2, 0) is 0 Å². The third kappa shape index (κ3) is 1.87. The molecule has 0 amide bonds. The molecule has 2 N–H and O–H groups in total. The van der Waals surface area contributed by atoms with E-state index in [9.17, 15) is 0 Å². The second-order valence-corrected chi connectivity index (χ2v) is 4.72. The Labute approximate surface area is 121 Å². The molecule has 1 aliphatic heterocycles. The van der Waals surface area contributed by atoms with Crippen LogP contribution in [-0.4, -0.2) is 15.8 Å². The predicted molar refractivity (Wildman–Crippen MR) is 83.6 cm³/mol. The lowest BCUT2D eigenvalue weighted by Gasteiger charge is -2.09. The molecular formula is C16H12N4O. The molecule has 0 aliphatic carbocycles. The molecule has 0 radical (unpaired) electrons. The van der Waals surface area contributed by atoms with Crippen LogP contribution in [0.2, 0.25) is 0 Å². The van der Waals surface area contributed by atoms with Crippen molar-refractivity contribution in [3.63, 3.8) is 0 Å². The molecule has 0 atom stereocenters. The molecule has 0 saturated heterocycles. The second kappa shape index (κ2) is 4.49. The highest BCUT2D eigenvalue weighted by molar-refractivity contribution is 5.83. The molecule has 2 aromatic carbocycles. The van der Waals surface area contributed by atoms with Gasteiger partial charge in [0.25, 0.3) is 0 Å². The molecule has 3 aromatic rings. The number of oxime groups is 1. The zero-order valence-electron chi connectivity index (χ0n) is 11.1. The van der Waals surface area contributed by atoms with Crippen LogP contribution in [0.15, 0.2) is 53.7 Å². The smallest absolute Gasteiger partial charge is 0.205 e. The van der Waals surface area contributed by atoms with Crippen molar-refractivity contribution in [3.8, 4) is 11.4 Å². The van der Waals surface area contributed by atoms with Gasteiger partial charge in [-0.25, -0.2) is 4.98 Å². The number of fused-ring (bicyclic) bond motifs is 2. The number of hydrogen-bond donors (Lipinski definition) is 1. The van der Waals surface area contributed by atoms with Gasteiger partial charge in [0.2, 0.25) is 5.95 Å². The van der Waals surface area contributed by atoms with Crippen LogP contribution in [0.25, 0.3) is 22.8 Å². The van der Waals surface area contributed by atoms with Crippen molar-refractivity contribution in [2.75, 3.05) is 5.73 Å². The van der Waals surface area contributed by atoms with Gasteiger partial charge in [0.05, 0.1) is 17.2 Å². The van der Waals surface area contributed by atoms with Crippen molar-refractivity contribution in [1.82, 2.24) is 9.55 Å². The molecule has 0 fully saturated rings. The number of nitrogens with zero attached hydrogens (tertiary/aromatic N) is 3. The fraction of sp³-hybridized carbons (Fsp3) is 0. The highest BCUT2D eigenvalue weighted by atomic mass is 16.6. The molecule has 1 aliphatic rings. The van der Waals surface area contributed by atoms with Crippen molar-refractivity contribution in [3.05, 3.63) is 54.1 Å². The lowest BCUT2D eigenvalue weighted by molar-refractivity contribution is 0.344.